The molecule has 8 nitrogen and oxygen atoms in total. The first kappa shape index (κ1) is 23.9. The van der Waals surface area contributed by atoms with E-state index in [9.17, 15) is 13.2 Å². The van der Waals surface area contributed by atoms with Gasteiger partial charge in [-0.1, -0.05) is 36.4 Å². The Morgan fingerprint density at radius 2 is 1.55 bits per heavy atom. The van der Waals surface area contributed by atoms with Gasteiger partial charge in [-0.05, 0) is 35.9 Å². The van der Waals surface area contributed by atoms with Crippen LogP contribution in [0.3, 0.4) is 0 Å². The Balaban J connectivity index is 1.86. The van der Waals surface area contributed by atoms with Crippen molar-refractivity contribution in [2.75, 3.05) is 18.9 Å². The summed E-state index contributed by atoms with van der Waals surface area (Å²) in [6.45, 7) is 1.72. The minimum Gasteiger partial charge on any atom is -0.495 e. The van der Waals surface area contributed by atoms with Gasteiger partial charge in [-0.3, -0.25) is 9.52 Å². The molecule has 0 fully saturated rings. The quantitative estimate of drug-likeness (QED) is 0.468. The molecule has 0 bridgehead atoms. The van der Waals surface area contributed by atoms with E-state index in [2.05, 4.69) is 10.0 Å². The summed E-state index contributed by atoms with van der Waals surface area (Å²) >= 11 is 0. The third kappa shape index (κ3) is 6.17. The molecule has 0 aromatic heterocycles. The third-order valence-electron chi connectivity index (χ3n) is 4.77. The molecule has 3 aromatic rings. The van der Waals surface area contributed by atoms with Crippen molar-refractivity contribution in [1.29, 1.82) is 0 Å². The van der Waals surface area contributed by atoms with Gasteiger partial charge in [0.05, 0.1) is 19.9 Å². The van der Waals surface area contributed by atoms with Crippen molar-refractivity contribution < 1.29 is 27.4 Å². The van der Waals surface area contributed by atoms with Crippen molar-refractivity contribution in [3.8, 4) is 17.2 Å². The van der Waals surface area contributed by atoms with E-state index in [-0.39, 0.29) is 29.7 Å². The molecule has 1 amide bonds. The first-order valence-electron chi connectivity index (χ1n) is 10.1. The number of carbonyl (C=O) groups excluding carboxylic acids is 1. The molecule has 0 aliphatic carbocycles. The van der Waals surface area contributed by atoms with Gasteiger partial charge in [-0.15, -0.1) is 0 Å². The molecule has 3 rings (SSSR count). The lowest BCUT2D eigenvalue weighted by Crippen LogP contribution is -2.20. The summed E-state index contributed by atoms with van der Waals surface area (Å²) in [6, 6.07) is 18.9. The van der Waals surface area contributed by atoms with E-state index in [0.717, 1.165) is 0 Å². The number of rotatable bonds is 10. The molecule has 0 saturated heterocycles. The maximum atomic E-state index is 13.3. The Bertz CT molecular complexity index is 1230. The molecule has 0 spiro atoms. The number of nitrogens with one attached hydrogen (secondary N) is 2. The predicted octanol–water partition coefficient (Wildman–Crippen LogP) is 3.72. The fraction of sp³-hybridized carbons (Fsp3) is 0.208. The van der Waals surface area contributed by atoms with Crippen LogP contribution in [-0.2, 0) is 28.0 Å². The number of hydrogen-bond acceptors (Lipinski definition) is 6. The molecule has 0 radical (unpaired) electrons. The zero-order chi connectivity index (χ0) is 23.8. The van der Waals surface area contributed by atoms with Crippen LogP contribution in [0.5, 0.6) is 17.2 Å². The Hall–Kier alpha value is -3.72. The monoisotopic (exact) mass is 470 g/mol. The lowest BCUT2D eigenvalue weighted by molar-refractivity contribution is -0.119. The first-order valence-corrected chi connectivity index (χ1v) is 11.6. The molecule has 9 heteroatoms. The summed E-state index contributed by atoms with van der Waals surface area (Å²) in [5, 5.41) is 2.66. The number of benzene rings is 3. The first-order chi connectivity index (χ1) is 15.8. The zero-order valence-corrected chi connectivity index (χ0v) is 19.4. The number of methoxy groups -OCH3 is 2. The van der Waals surface area contributed by atoms with Gasteiger partial charge in [0.15, 0.2) is 11.5 Å². The van der Waals surface area contributed by atoms with Crippen molar-refractivity contribution >= 4 is 21.6 Å². The van der Waals surface area contributed by atoms with E-state index in [0.29, 0.717) is 28.3 Å². The van der Waals surface area contributed by atoms with Crippen LogP contribution in [0.2, 0.25) is 0 Å². The maximum absolute atomic E-state index is 13.3. The van der Waals surface area contributed by atoms with Crippen molar-refractivity contribution in [1.82, 2.24) is 5.32 Å². The number of hydrogen-bond donors (Lipinski definition) is 2. The number of sulfonamides is 1. The van der Waals surface area contributed by atoms with Crippen molar-refractivity contribution in [3.05, 3.63) is 77.9 Å². The summed E-state index contributed by atoms with van der Waals surface area (Å²) < 4.78 is 45.6. The molecule has 2 N–H and O–H groups in total. The topological polar surface area (TPSA) is 103 Å². The van der Waals surface area contributed by atoms with Crippen LogP contribution in [0.1, 0.15) is 18.1 Å². The second-order valence-electron chi connectivity index (χ2n) is 7.10. The van der Waals surface area contributed by atoms with Crippen LogP contribution in [0.4, 0.5) is 5.69 Å². The summed E-state index contributed by atoms with van der Waals surface area (Å²) in [6.07, 6.45) is 0. The molecule has 0 saturated carbocycles. The highest BCUT2D eigenvalue weighted by Crippen LogP contribution is 2.30. The van der Waals surface area contributed by atoms with Crippen LogP contribution < -0.4 is 24.2 Å². The van der Waals surface area contributed by atoms with Crippen molar-refractivity contribution in [3.63, 3.8) is 0 Å². The average Bonchev–Trinajstić information content (AvgIpc) is 2.82. The van der Waals surface area contributed by atoms with E-state index >= 15 is 0 Å². The van der Waals surface area contributed by atoms with E-state index in [1.54, 1.807) is 55.6 Å². The Kier molecular flexibility index (Phi) is 7.78. The molecule has 0 atom stereocenters. The van der Waals surface area contributed by atoms with Gasteiger partial charge in [0.2, 0.25) is 5.91 Å². The minimum atomic E-state index is -4.00. The number of anilines is 1. The highest BCUT2D eigenvalue weighted by atomic mass is 32.2. The van der Waals surface area contributed by atoms with Gasteiger partial charge < -0.3 is 19.5 Å². The molecule has 174 valence electrons. The van der Waals surface area contributed by atoms with Gasteiger partial charge in [-0.25, -0.2) is 8.42 Å². The lowest BCUT2D eigenvalue weighted by atomic mass is 10.2. The lowest BCUT2D eigenvalue weighted by Gasteiger charge is -2.16. The zero-order valence-electron chi connectivity index (χ0n) is 18.6. The molecule has 0 aliphatic heterocycles. The molecule has 0 unspecified atom stereocenters. The number of carbonyl (C=O) groups is 1. The molecule has 3 aromatic carbocycles. The summed E-state index contributed by atoms with van der Waals surface area (Å²) in [7, 11) is -1.05. The maximum Gasteiger partial charge on any atom is 0.265 e. The van der Waals surface area contributed by atoms with E-state index in [1.807, 2.05) is 12.1 Å². The summed E-state index contributed by atoms with van der Waals surface area (Å²) in [5.41, 5.74) is 1.64. The second kappa shape index (κ2) is 10.7. The average molecular weight is 471 g/mol. The molecule has 0 heterocycles. The Labute approximate surface area is 193 Å². The van der Waals surface area contributed by atoms with Gasteiger partial charge in [-0.2, -0.15) is 0 Å². The number of ether oxygens (including phenoxy) is 3. The van der Waals surface area contributed by atoms with E-state index in [4.69, 9.17) is 14.2 Å². The molecular formula is C24H26N2O6S. The number of amides is 1. The Morgan fingerprint density at radius 1 is 0.879 bits per heavy atom. The largest absolute Gasteiger partial charge is 0.495 e. The van der Waals surface area contributed by atoms with Crippen LogP contribution in [0, 0.1) is 0 Å². The van der Waals surface area contributed by atoms with Gasteiger partial charge in [0.1, 0.15) is 17.3 Å². The SMILES string of the molecule is COc1ccccc1OCc1ccccc1NS(=O)(=O)c1cc(CNC(C)=O)ccc1OC. The molecule has 33 heavy (non-hydrogen) atoms. The van der Waals surface area contributed by atoms with E-state index < -0.39 is 10.0 Å². The molecule has 0 aliphatic rings. The normalized spacial score (nSPS) is 10.9. The van der Waals surface area contributed by atoms with E-state index in [1.165, 1.54) is 20.1 Å². The fourth-order valence-corrected chi connectivity index (χ4v) is 4.43. The van der Waals surface area contributed by atoms with Gasteiger partial charge >= 0.3 is 0 Å². The smallest absolute Gasteiger partial charge is 0.265 e. The fourth-order valence-electron chi connectivity index (χ4n) is 3.11. The minimum absolute atomic E-state index is 0.0340. The summed E-state index contributed by atoms with van der Waals surface area (Å²) in [4.78, 5) is 11.2. The van der Waals surface area contributed by atoms with Crippen LogP contribution >= 0.6 is 0 Å². The standard InChI is InChI=1S/C24H26N2O6S/c1-17(27)25-15-18-12-13-23(31-3)24(14-18)33(28,29)26-20-9-5-4-8-19(20)16-32-22-11-7-6-10-21(22)30-2/h4-14,26H,15-16H2,1-3H3,(H,25,27). The molecular weight excluding hydrogens is 444 g/mol. The summed E-state index contributed by atoms with van der Waals surface area (Å²) in [5.74, 6) is 1.11. The van der Waals surface area contributed by atoms with Crippen LogP contribution in [0.15, 0.2) is 71.6 Å². The van der Waals surface area contributed by atoms with Gasteiger partial charge in [0, 0.05) is 19.0 Å². The van der Waals surface area contributed by atoms with Gasteiger partial charge in [0.25, 0.3) is 10.0 Å². The Morgan fingerprint density at radius 3 is 2.24 bits per heavy atom. The van der Waals surface area contributed by atoms with Crippen molar-refractivity contribution in [2.24, 2.45) is 0 Å². The predicted molar refractivity (Wildman–Crippen MR) is 125 cm³/mol. The van der Waals surface area contributed by atoms with Crippen LogP contribution in [-0.4, -0.2) is 28.5 Å². The van der Waals surface area contributed by atoms with Crippen LogP contribution in [0.25, 0.3) is 0 Å². The van der Waals surface area contributed by atoms with Crippen molar-refractivity contribution in [2.45, 2.75) is 25.0 Å². The highest BCUT2D eigenvalue weighted by molar-refractivity contribution is 7.92. The highest BCUT2D eigenvalue weighted by Gasteiger charge is 2.22. The number of para-hydroxylation sites is 3. The second-order valence-corrected chi connectivity index (χ2v) is 8.75. The third-order valence-corrected chi connectivity index (χ3v) is 6.16.